The second kappa shape index (κ2) is 7.51. The van der Waals surface area contributed by atoms with Gasteiger partial charge in [-0.25, -0.2) is 9.78 Å². The monoisotopic (exact) mass is 390 g/mol. The summed E-state index contributed by atoms with van der Waals surface area (Å²) in [6.45, 7) is 0.228. The van der Waals surface area contributed by atoms with Crippen LogP contribution in [0.4, 0.5) is 11.4 Å². The third kappa shape index (κ3) is 3.43. The number of hydrogen-bond acceptors (Lipinski definition) is 6. The lowest BCUT2D eigenvalue weighted by Gasteiger charge is -2.10. The number of pyridine rings is 1. The van der Waals surface area contributed by atoms with Crippen molar-refractivity contribution in [2.75, 3.05) is 18.2 Å². The molecule has 0 radical (unpaired) electrons. The van der Waals surface area contributed by atoms with E-state index >= 15 is 0 Å². The third-order valence-electron chi connectivity index (χ3n) is 4.47. The second-order valence-corrected chi connectivity index (χ2v) is 6.34. The van der Waals surface area contributed by atoms with E-state index in [2.05, 4.69) is 10.3 Å². The van der Waals surface area contributed by atoms with Crippen molar-refractivity contribution in [2.45, 2.75) is 6.54 Å². The van der Waals surface area contributed by atoms with Gasteiger partial charge in [0.25, 0.3) is 5.91 Å². The maximum Gasteiger partial charge on any atom is 0.356 e. The van der Waals surface area contributed by atoms with Crippen LogP contribution in [0.25, 0.3) is 11.0 Å². The summed E-state index contributed by atoms with van der Waals surface area (Å²) < 4.78 is 12.0. The minimum Gasteiger partial charge on any atom is -0.467 e. The Bertz CT molecular complexity index is 1180. The molecule has 3 N–H and O–H groups in total. The molecule has 3 heterocycles. The highest BCUT2D eigenvalue weighted by Crippen LogP contribution is 2.33. The first-order valence-corrected chi connectivity index (χ1v) is 8.83. The Balaban J connectivity index is 1.90. The quantitative estimate of drug-likeness (QED) is 0.506. The SMILES string of the molecule is COC(=O)c1c(NC(=O)c2ccccc2)c2cc(N)cnc2n1Cc1ccco1. The molecule has 0 aliphatic carbocycles. The topological polar surface area (TPSA) is 112 Å². The number of nitrogens with one attached hydrogen (secondary N) is 1. The number of nitrogens with zero attached hydrogens (tertiary/aromatic N) is 2. The average molecular weight is 390 g/mol. The number of ether oxygens (including phenoxy) is 1. The molecular formula is C21H18N4O4. The van der Waals surface area contributed by atoms with Gasteiger partial charge in [-0.15, -0.1) is 0 Å². The van der Waals surface area contributed by atoms with E-state index in [-0.39, 0.29) is 23.8 Å². The van der Waals surface area contributed by atoms with Crippen molar-refractivity contribution in [3.63, 3.8) is 0 Å². The van der Waals surface area contributed by atoms with Crippen LogP contribution in [0.15, 0.2) is 65.4 Å². The number of aromatic nitrogens is 2. The van der Waals surface area contributed by atoms with Crippen LogP contribution in [-0.2, 0) is 11.3 Å². The van der Waals surface area contributed by atoms with Crippen molar-refractivity contribution in [1.29, 1.82) is 0 Å². The molecule has 146 valence electrons. The first-order chi connectivity index (χ1) is 14.1. The lowest BCUT2D eigenvalue weighted by atomic mass is 10.2. The maximum absolute atomic E-state index is 12.8. The summed E-state index contributed by atoms with van der Waals surface area (Å²) in [5, 5.41) is 3.35. The van der Waals surface area contributed by atoms with E-state index in [1.807, 2.05) is 6.07 Å². The lowest BCUT2D eigenvalue weighted by molar-refractivity contribution is 0.0590. The van der Waals surface area contributed by atoms with Gasteiger partial charge in [0.05, 0.1) is 37.5 Å². The molecule has 8 nitrogen and oxygen atoms in total. The van der Waals surface area contributed by atoms with Gasteiger partial charge in [-0.2, -0.15) is 0 Å². The van der Waals surface area contributed by atoms with Crippen LogP contribution in [0.5, 0.6) is 0 Å². The van der Waals surface area contributed by atoms with Gasteiger partial charge in [0.2, 0.25) is 0 Å². The normalized spacial score (nSPS) is 10.8. The van der Waals surface area contributed by atoms with Gasteiger partial charge in [0.15, 0.2) is 5.69 Å². The number of carbonyl (C=O) groups excluding carboxylic acids is 2. The van der Waals surface area contributed by atoms with E-state index in [1.54, 1.807) is 53.3 Å². The molecule has 29 heavy (non-hydrogen) atoms. The lowest BCUT2D eigenvalue weighted by Crippen LogP contribution is -2.17. The van der Waals surface area contributed by atoms with Crippen LogP contribution in [0.1, 0.15) is 26.6 Å². The number of nitrogens with two attached hydrogens (primary N) is 1. The van der Waals surface area contributed by atoms with Crippen molar-refractivity contribution < 1.29 is 18.7 Å². The fourth-order valence-corrected chi connectivity index (χ4v) is 3.16. The second-order valence-electron chi connectivity index (χ2n) is 6.34. The van der Waals surface area contributed by atoms with E-state index < -0.39 is 5.97 Å². The molecule has 4 aromatic rings. The van der Waals surface area contributed by atoms with Crippen LogP contribution in [0, 0.1) is 0 Å². The number of esters is 1. The Kier molecular flexibility index (Phi) is 4.74. The molecule has 0 aliphatic rings. The van der Waals surface area contributed by atoms with Gasteiger partial charge >= 0.3 is 5.97 Å². The molecule has 3 aromatic heterocycles. The molecule has 0 spiro atoms. The molecular weight excluding hydrogens is 372 g/mol. The Morgan fingerprint density at radius 1 is 1.21 bits per heavy atom. The van der Waals surface area contributed by atoms with E-state index in [1.165, 1.54) is 13.3 Å². The van der Waals surface area contributed by atoms with E-state index in [0.717, 1.165) is 0 Å². The van der Waals surface area contributed by atoms with Crippen LogP contribution < -0.4 is 11.1 Å². The van der Waals surface area contributed by atoms with Crippen LogP contribution >= 0.6 is 0 Å². The Hall–Kier alpha value is -4.07. The Morgan fingerprint density at radius 3 is 2.69 bits per heavy atom. The summed E-state index contributed by atoms with van der Waals surface area (Å²) in [5.74, 6) is -0.363. The molecule has 1 aromatic carbocycles. The van der Waals surface area contributed by atoms with Crippen molar-refractivity contribution >= 4 is 34.3 Å². The zero-order chi connectivity index (χ0) is 20.4. The van der Waals surface area contributed by atoms with Crippen molar-refractivity contribution in [2.24, 2.45) is 0 Å². The smallest absolute Gasteiger partial charge is 0.356 e. The number of rotatable bonds is 5. The van der Waals surface area contributed by atoms with Gasteiger partial charge < -0.3 is 24.8 Å². The molecule has 8 heteroatoms. The summed E-state index contributed by atoms with van der Waals surface area (Å²) in [6, 6.07) is 13.9. The molecule has 0 aliphatic heterocycles. The minimum absolute atomic E-state index is 0.154. The highest BCUT2D eigenvalue weighted by atomic mass is 16.5. The molecule has 0 unspecified atom stereocenters. The fourth-order valence-electron chi connectivity index (χ4n) is 3.16. The highest BCUT2D eigenvalue weighted by Gasteiger charge is 2.26. The number of nitrogen functional groups attached to an aromatic ring is 1. The molecule has 0 bridgehead atoms. The number of anilines is 2. The number of fused-ring (bicyclic) bond motifs is 1. The van der Waals surface area contributed by atoms with Crippen LogP contribution in [-0.4, -0.2) is 28.5 Å². The number of hydrogen-bond donors (Lipinski definition) is 2. The van der Waals surface area contributed by atoms with E-state index in [0.29, 0.717) is 28.0 Å². The van der Waals surface area contributed by atoms with Crippen LogP contribution in [0.3, 0.4) is 0 Å². The summed E-state index contributed by atoms with van der Waals surface area (Å²) >= 11 is 0. The van der Waals surface area contributed by atoms with E-state index in [4.69, 9.17) is 14.9 Å². The van der Waals surface area contributed by atoms with Gasteiger partial charge in [0.1, 0.15) is 11.4 Å². The third-order valence-corrected chi connectivity index (χ3v) is 4.47. The van der Waals surface area contributed by atoms with E-state index in [9.17, 15) is 9.59 Å². The summed E-state index contributed by atoms with van der Waals surface area (Å²) in [7, 11) is 1.28. The average Bonchev–Trinajstić information content (AvgIpc) is 3.35. The number of benzene rings is 1. The van der Waals surface area contributed by atoms with Gasteiger partial charge in [0, 0.05) is 10.9 Å². The maximum atomic E-state index is 12.8. The summed E-state index contributed by atoms with van der Waals surface area (Å²) in [6.07, 6.45) is 3.03. The number of amides is 1. The Morgan fingerprint density at radius 2 is 2.00 bits per heavy atom. The number of methoxy groups -OCH3 is 1. The number of carbonyl (C=O) groups is 2. The van der Waals surface area contributed by atoms with Gasteiger partial charge in [-0.1, -0.05) is 18.2 Å². The van der Waals surface area contributed by atoms with Gasteiger partial charge in [-0.3, -0.25) is 4.79 Å². The molecule has 4 rings (SSSR count). The molecule has 0 saturated carbocycles. The van der Waals surface area contributed by atoms with Gasteiger partial charge in [-0.05, 0) is 30.3 Å². The summed E-state index contributed by atoms with van der Waals surface area (Å²) in [4.78, 5) is 29.8. The largest absolute Gasteiger partial charge is 0.467 e. The molecule has 0 saturated heterocycles. The molecule has 1 amide bonds. The highest BCUT2D eigenvalue weighted by molar-refractivity contribution is 6.14. The standard InChI is InChI=1S/C21H18N4O4/c1-28-21(27)18-17(24-20(26)13-6-3-2-4-7-13)16-10-14(22)11-23-19(16)25(18)12-15-8-5-9-29-15/h2-11H,12,22H2,1H3,(H,24,26). The molecule has 0 fully saturated rings. The zero-order valence-corrected chi connectivity index (χ0v) is 15.6. The fraction of sp³-hybridized carbons (Fsp3) is 0.0952. The Labute approximate surface area is 165 Å². The minimum atomic E-state index is -0.614. The van der Waals surface area contributed by atoms with Crippen molar-refractivity contribution in [1.82, 2.24) is 9.55 Å². The first-order valence-electron chi connectivity index (χ1n) is 8.83. The van der Waals surface area contributed by atoms with Crippen molar-refractivity contribution in [3.05, 3.63) is 78.0 Å². The zero-order valence-electron chi connectivity index (χ0n) is 15.6. The molecule has 0 atom stereocenters. The van der Waals surface area contributed by atoms with Crippen LogP contribution in [0.2, 0.25) is 0 Å². The van der Waals surface area contributed by atoms with Crippen molar-refractivity contribution in [3.8, 4) is 0 Å². The number of furan rings is 1. The first kappa shape index (κ1) is 18.3. The predicted octanol–water partition coefficient (Wildman–Crippen LogP) is 3.30. The predicted molar refractivity (Wildman–Crippen MR) is 108 cm³/mol. The summed E-state index contributed by atoms with van der Waals surface area (Å²) in [5.41, 5.74) is 7.68.